The predicted molar refractivity (Wildman–Crippen MR) is 65.6 cm³/mol. The molecule has 100 valence electrons. The molecule has 5 heteroatoms. The van der Waals surface area contributed by atoms with Gasteiger partial charge in [0, 0.05) is 18.2 Å². The zero-order chi connectivity index (χ0) is 13.7. The van der Waals surface area contributed by atoms with E-state index >= 15 is 0 Å². The fourth-order valence-corrected chi connectivity index (χ4v) is 1.48. The molecule has 1 aromatic rings. The molecule has 0 fully saturated rings. The van der Waals surface area contributed by atoms with Crippen molar-refractivity contribution in [2.24, 2.45) is 11.7 Å². The number of carbonyl (C=O) groups is 1. The second kappa shape index (κ2) is 6.44. The zero-order valence-corrected chi connectivity index (χ0v) is 10.5. The number of hydrogen-bond acceptors (Lipinski definition) is 2. The summed E-state index contributed by atoms with van der Waals surface area (Å²) in [5.74, 6) is -1.58. The highest BCUT2D eigenvalue weighted by Crippen LogP contribution is 2.10. The van der Waals surface area contributed by atoms with E-state index in [1.54, 1.807) is 0 Å². The van der Waals surface area contributed by atoms with Crippen molar-refractivity contribution >= 4 is 5.91 Å². The van der Waals surface area contributed by atoms with E-state index in [2.05, 4.69) is 5.32 Å². The molecule has 18 heavy (non-hydrogen) atoms. The third-order valence-electron chi connectivity index (χ3n) is 3.03. The molecule has 1 amide bonds. The summed E-state index contributed by atoms with van der Waals surface area (Å²) in [4.78, 5) is 11.7. The second-order valence-electron chi connectivity index (χ2n) is 4.36. The molecular weight excluding hydrogens is 238 g/mol. The van der Waals surface area contributed by atoms with Crippen LogP contribution in [0.2, 0.25) is 0 Å². The van der Waals surface area contributed by atoms with Crippen LogP contribution in [0.3, 0.4) is 0 Å². The maximum atomic E-state index is 13.3. The van der Waals surface area contributed by atoms with Gasteiger partial charge in [0.2, 0.25) is 5.91 Å². The Labute approximate surface area is 105 Å². The third-order valence-corrected chi connectivity index (χ3v) is 3.03. The quantitative estimate of drug-likeness (QED) is 0.846. The summed E-state index contributed by atoms with van der Waals surface area (Å²) in [6, 6.07) is 2.63. The normalized spacial score (nSPS) is 14.1. The highest BCUT2D eigenvalue weighted by molar-refractivity contribution is 5.81. The van der Waals surface area contributed by atoms with Crippen molar-refractivity contribution in [3.05, 3.63) is 35.4 Å². The molecule has 0 aliphatic rings. The van der Waals surface area contributed by atoms with E-state index < -0.39 is 17.7 Å². The number of amides is 1. The molecule has 3 nitrogen and oxygen atoms in total. The van der Waals surface area contributed by atoms with E-state index in [-0.39, 0.29) is 23.9 Å². The van der Waals surface area contributed by atoms with E-state index in [4.69, 9.17) is 5.73 Å². The fraction of sp³-hybridized carbons (Fsp3) is 0.462. The zero-order valence-electron chi connectivity index (χ0n) is 10.5. The van der Waals surface area contributed by atoms with Crippen LogP contribution < -0.4 is 11.1 Å². The van der Waals surface area contributed by atoms with Gasteiger partial charge in [0.1, 0.15) is 11.6 Å². The Balaban J connectivity index is 2.57. The molecule has 0 radical (unpaired) electrons. The summed E-state index contributed by atoms with van der Waals surface area (Å²) in [6.45, 7) is 3.83. The molecule has 0 aromatic heterocycles. The summed E-state index contributed by atoms with van der Waals surface area (Å²) in [6.07, 6.45) is 0.791. The summed E-state index contributed by atoms with van der Waals surface area (Å²) < 4.78 is 26.0. The van der Waals surface area contributed by atoms with Crippen LogP contribution in [0.5, 0.6) is 0 Å². The van der Waals surface area contributed by atoms with Crippen LogP contribution in [0, 0.1) is 17.6 Å². The molecule has 0 heterocycles. The summed E-state index contributed by atoms with van der Waals surface area (Å²) in [5, 5.41) is 2.55. The van der Waals surface area contributed by atoms with Crippen LogP contribution in [0.25, 0.3) is 0 Å². The van der Waals surface area contributed by atoms with Crippen LogP contribution >= 0.6 is 0 Å². The minimum absolute atomic E-state index is 0.00901. The lowest BCUT2D eigenvalue weighted by atomic mass is 9.99. The Hall–Kier alpha value is -1.49. The van der Waals surface area contributed by atoms with Crippen LogP contribution in [-0.2, 0) is 11.3 Å². The number of benzene rings is 1. The smallest absolute Gasteiger partial charge is 0.237 e. The van der Waals surface area contributed by atoms with Gasteiger partial charge in [0.05, 0.1) is 6.04 Å². The van der Waals surface area contributed by atoms with Gasteiger partial charge in [-0.3, -0.25) is 4.79 Å². The van der Waals surface area contributed by atoms with Crippen molar-refractivity contribution in [1.29, 1.82) is 0 Å². The van der Waals surface area contributed by atoms with Gasteiger partial charge in [-0.1, -0.05) is 26.3 Å². The lowest BCUT2D eigenvalue weighted by Gasteiger charge is -2.17. The topological polar surface area (TPSA) is 55.1 Å². The van der Waals surface area contributed by atoms with Crippen molar-refractivity contribution in [3.63, 3.8) is 0 Å². The Morgan fingerprint density at radius 2 is 2.11 bits per heavy atom. The fourth-order valence-electron chi connectivity index (χ4n) is 1.48. The molecule has 1 aromatic carbocycles. The molecule has 0 spiro atoms. The van der Waals surface area contributed by atoms with Gasteiger partial charge >= 0.3 is 0 Å². The van der Waals surface area contributed by atoms with Gasteiger partial charge < -0.3 is 11.1 Å². The largest absolute Gasteiger partial charge is 0.351 e. The Bertz CT molecular complexity index is 423. The SMILES string of the molecule is CC[C@H](C)[C@H](N)C(=O)NCc1ccc(F)cc1F. The molecule has 0 bridgehead atoms. The lowest BCUT2D eigenvalue weighted by Crippen LogP contribution is -2.44. The molecule has 0 aliphatic heterocycles. The molecule has 2 atom stereocenters. The molecule has 0 saturated carbocycles. The molecule has 1 rings (SSSR count). The molecule has 0 saturated heterocycles. The Kier molecular flexibility index (Phi) is 5.22. The van der Waals surface area contributed by atoms with Gasteiger partial charge in [-0.15, -0.1) is 0 Å². The first-order chi connectivity index (χ1) is 8.45. The number of halogens is 2. The van der Waals surface area contributed by atoms with Crippen LogP contribution in [-0.4, -0.2) is 11.9 Å². The average Bonchev–Trinajstić information content (AvgIpc) is 2.35. The Morgan fingerprint density at radius 1 is 1.44 bits per heavy atom. The standard InChI is InChI=1S/C13H18F2N2O/c1-3-8(2)12(16)13(18)17-7-9-4-5-10(14)6-11(9)15/h4-6,8,12H,3,7,16H2,1-2H3,(H,17,18)/t8-,12-/m0/s1. The predicted octanol–water partition coefficient (Wildman–Crippen LogP) is 1.95. The number of nitrogens with one attached hydrogen (secondary N) is 1. The minimum atomic E-state index is -0.674. The first-order valence-electron chi connectivity index (χ1n) is 5.93. The van der Waals surface area contributed by atoms with E-state index in [9.17, 15) is 13.6 Å². The molecule has 3 N–H and O–H groups in total. The van der Waals surface area contributed by atoms with E-state index in [1.165, 1.54) is 6.07 Å². The van der Waals surface area contributed by atoms with Crippen LogP contribution in [0.4, 0.5) is 8.78 Å². The minimum Gasteiger partial charge on any atom is -0.351 e. The van der Waals surface area contributed by atoms with Crippen molar-refractivity contribution in [3.8, 4) is 0 Å². The van der Waals surface area contributed by atoms with Crippen LogP contribution in [0.15, 0.2) is 18.2 Å². The maximum Gasteiger partial charge on any atom is 0.237 e. The monoisotopic (exact) mass is 256 g/mol. The van der Waals surface area contributed by atoms with Gasteiger partial charge in [-0.05, 0) is 12.0 Å². The molecule has 0 aliphatic carbocycles. The number of rotatable bonds is 5. The highest BCUT2D eigenvalue weighted by atomic mass is 19.1. The third kappa shape index (κ3) is 3.77. The summed E-state index contributed by atoms with van der Waals surface area (Å²) in [7, 11) is 0. The van der Waals surface area contributed by atoms with Gasteiger partial charge in [0.15, 0.2) is 0 Å². The summed E-state index contributed by atoms with van der Waals surface area (Å²) in [5.41, 5.74) is 5.97. The van der Waals surface area contributed by atoms with Crippen molar-refractivity contribution in [1.82, 2.24) is 5.32 Å². The van der Waals surface area contributed by atoms with Gasteiger partial charge in [-0.2, -0.15) is 0 Å². The van der Waals surface area contributed by atoms with Crippen LogP contribution in [0.1, 0.15) is 25.8 Å². The second-order valence-corrected chi connectivity index (χ2v) is 4.36. The first kappa shape index (κ1) is 14.6. The van der Waals surface area contributed by atoms with E-state index in [0.717, 1.165) is 18.6 Å². The van der Waals surface area contributed by atoms with Gasteiger partial charge in [0.25, 0.3) is 0 Å². The number of hydrogen-bond donors (Lipinski definition) is 2. The average molecular weight is 256 g/mol. The lowest BCUT2D eigenvalue weighted by molar-refractivity contribution is -0.123. The molecular formula is C13H18F2N2O. The van der Waals surface area contributed by atoms with Crippen molar-refractivity contribution in [2.45, 2.75) is 32.9 Å². The maximum absolute atomic E-state index is 13.3. The van der Waals surface area contributed by atoms with Gasteiger partial charge in [-0.25, -0.2) is 8.78 Å². The first-order valence-corrected chi connectivity index (χ1v) is 5.93. The number of nitrogens with two attached hydrogens (primary N) is 1. The molecule has 0 unspecified atom stereocenters. The van der Waals surface area contributed by atoms with Crippen molar-refractivity contribution in [2.75, 3.05) is 0 Å². The summed E-state index contributed by atoms with van der Waals surface area (Å²) >= 11 is 0. The number of carbonyl (C=O) groups excluding carboxylic acids is 1. The Morgan fingerprint density at radius 3 is 2.67 bits per heavy atom. The highest BCUT2D eigenvalue weighted by Gasteiger charge is 2.19. The van der Waals surface area contributed by atoms with E-state index in [1.807, 2.05) is 13.8 Å². The van der Waals surface area contributed by atoms with Crippen molar-refractivity contribution < 1.29 is 13.6 Å². The van der Waals surface area contributed by atoms with E-state index in [0.29, 0.717) is 0 Å².